The van der Waals surface area contributed by atoms with E-state index in [2.05, 4.69) is 25.7 Å². The summed E-state index contributed by atoms with van der Waals surface area (Å²) in [4.78, 5) is 12.5. The smallest absolute Gasteiger partial charge is 0.234 e. The molecule has 29 heavy (non-hydrogen) atoms. The zero-order chi connectivity index (χ0) is 19.8. The molecule has 0 bridgehead atoms. The number of amides is 1. The minimum Gasteiger partial charge on any atom is -0.335 e. The molecule has 0 spiro atoms. The van der Waals surface area contributed by atoms with Gasteiger partial charge in [-0.25, -0.2) is 4.68 Å². The van der Waals surface area contributed by atoms with Gasteiger partial charge >= 0.3 is 0 Å². The molecule has 0 aliphatic heterocycles. The largest absolute Gasteiger partial charge is 0.335 e. The molecule has 9 heteroatoms. The molecule has 5 rings (SSSR count). The van der Waals surface area contributed by atoms with Crippen LogP contribution in [0.3, 0.4) is 0 Å². The highest BCUT2D eigenvalue weighted by Crippen LogP contribution is 2.30. The van der Waals surface area contributed by atoms with Gasteiger partial charge in [0.25, 0.3) is 0 Å². The highest BCUT2D eigenvalue weighted by Gasteiger charge is 2.24. The molecule has 0 atom stereocenters. The number of carbonyl (C=O) groups excluding carboxylic acids is 1. The van der Waals surface area contributed by atoms with Crippen molar-refractivity contribution in [1.82, 2.24) is 25.1 Å². The number of aromatic amines is 1. The Bertz CT molecular complexity index is 1210. The first-order valence-electron chi connectivity index (χ1n) is 9.38. The maximum Gasteiger partial charge on any atom is 0.234 e. The molecule has 146 valence electrons. The van der Waals surface area contributed by atoms with Gasteiger partial charge in [-0.2, -0.15) is 5.10 Å². The van der Waals surface area contributed by atoms with Gasteiger partial charge in [0.1, 0.15) is 5.69 Å². The number of H-pyrrole nitrogens is 1. The molecule has 2 aromatic heterocycles. The predicted octanol–water partition coefficient (Wildman–Crippen LogP) is 2.75. The van der Waals surface area contributed by atoms with E-state index in [-0.39, 0.29) is 11.7 Å². The monoisotopic (exact) mass is 405 g/mol. The number of nitrogens with two attached hydrogens (primary N) is 1. The lowest BCUT2D eigenvalue weighted by atomic mass is 10.1. The summed E-state index contributed by atoms with van der Waals surface area (Å²) in [5.74, 6) is 6.75. The van der Waals surface area contributed by atoms with Gasteiger partial charge in [0, 0.05) is 22.3 Å². The summed E-state index contributed by atoms with van der Waals surface area (Å²) in [6.07, 6.45) is 3.06. The van der Waals surface area contributed by atoms with E-state index in [0.29, 0.717) is 11.0 Å². The minimum atomic E-state index is -0.128. The van der Waals surface area contributed by atoms with Crippen LogP contribution in [0.2, 0.25) is 0 Å². The van der Waals surface area contributed by atoms with E-state index in [1.165, 1.54) is 16.4 Å². The molecular weight excluding hydrogens is 386 g/mol. The maximum absolute atomic E-state index is 12.5. The lowest BCUT2D eigenvalue weighted by molar-refractivity contribution is -0.113. The summed E-state index contributed by atoms with van der Waals surface area (Å²) in [7, 11) is 0. The number of thioether (sulfide) groups is 1. The second-order valence-electron chi connectivity index (χ2n) is 6.92. The van der Waals surface area contributed by atoms with Gasteiger partial charge in [-0.1, -0.05) is 48.2 Å². The predicted molar refractivity (Wildman–Crippen MR) is 113 cm³/mol. The second kappa shape index (κ2) is 7.25. The normalized spacial score (nSPS) is 13.0. The molecule has 0 radical (unpaired) electrons. The number of aromatic nitrogens is 5. The summed E-state index contributed by atoms with van der Waals surface area (Å²) in [6.45, 7) is 0. The Morgan fingerprint density at radius 1 is 1.17 bits per heavy atom. The molecule has 1 aliphatic carbocycles. The Morgan fingerprint density at radius 2 is 2.03 bits per heavy atom. The zero-order valence-corrected chi connectivity index (χ0v) is 16.4. The molecule has 4 aromatic rings. The van der Waals surface area contributed by atoms with Crippen molar-refractivity contribution < 1.29 is 4.79 Å². The number of aryl methyl sites for hydroxylation is 1. The standard InChI is InChI=1S/C20H19N7OS/c21-27-19(18-14-8-4-10-16(14)23-24-18)25-26-20(27)29-11-17(28)22-15-9-3-6-12-5-1-2-7-13(12)15/h1-3,5-7,9H,4,8,10-11,21H2,(H,22,28)(H,23,24). The van der Waals surface area contributed by atoms with Gasteiger partial charge in [-0.05, 0) is 30.7 Å². The minimum absolute atomic E-state index is 0.128. The topological polar surface area (TPSA) is 115 Å². The van der Waals surface area contributed by atoms with Crippen molar-refractivity contribution in [3.8, 4) is 11.5 Å². The number of rotatable bonds is 5. The van der Waals surface area contributed by atoms with Crippen LogP contribution in [-0.2, 0) is 17.6 Å². The molecule has 0 fully saturated rings. The van der Waals surface area contributed by atoms with Gasteiger partial charge in [0.05, 0.1) is 5.75 Å². The third-order valence-electron chi connectivity index (χ3n) is 5.08. The quantitative estimate of drug-likeness (QED) is 0.347. The van der Waals surface area contributed by atoms with Gasteiger partial charge in [0.2, 0.25) is 16.9 Å². The van der Waals surface area contributed by atoms with E-state index < -0.39 is 0 Å². The summed E-state index contributed by atoms with van der Waals surface area (Å²) >= 11 is 1.25. The van der Waals surface area contributed by atoms with Crippen LogP contribution in [0, 0.1) is 0 Å². The number of hydrogen-bond acceptors (Lipinski definition) is 6. The first-order chi connectivity index (χ1) is 14.2. The number of nitrogens with one attached hydrogen (secondary N) is 2. The molecular formula is C20H19N7OS. The average molecular weight is 405 g/mol. The van der Waals surface area contributed by atoms with Crippen molar-refractivity contribution in [3.63, 3.8) is 0 Å². The van der Waals surface area contributed by atoms with Gasteiger partial charge in [-0.3, -0.25) is 9.89 Å². The van der Waals surface area contributed by atoms with E-state index in [1.54, 1.807) is 0 Å². The summed E-state index contributed by atoms with van der Waals surface area (Å²) in [6, 6.07) is 13.8. The molecule has 0 unspecified atom stereocenters. The number of nitrogens with zero attached hydrogens (tertiary/aromatic N) is 4. The fourth-order valence-corrected chi connectivity index (χ4v) is 4.35. The third kappa shape index (κ3) is 3.23. The summed E-state index contributed by atoms with van der Waals surface area (Å²) < 4.78 is 1.41. The Labute approximate surface area is 170 Å². The highest BCUT2D eigenvalue weighted by molar-refractivity contribution is 7.99. The van der Waals surface area contributed by atoms with E-state index >= 15 is 0 Å². The van der Waals surface area contributed by atoms with Crippen molar-refractivity contribution in [2.45, 2.75) is 24.4 Å². The first-order valence-corrected chi connectivity index (χ1v) is 10.4. The third-order valence-corrected chi connectivity index (χ3v) is 6.02. The summed E-state index contributed by atoms with van der Waals surface area (Å²) in [5.41, 5.74) is 3.84. The molecule has 8 nitrogen and oxygen atoms in total. The number of fused-ring (bicyclic) bond motifs is 2. The SMILES string of the molecule is Nn1c(SCC(=O)Nc2cccc3ccccc23)nnc1-c1n[nH]c2c1CCC2. The molecule has 0 saturated carbocycles. The van der Waals surface area contributed by atoms with Crippen LogP contribution in [0.5, 0.6) is 0 Å². The molecule has 1 amide bonds. The second-order valence-corrected chi connectivity index (χ2v) is 7.87. The fraction of sp³-hybridized carbons (Fsp3) is 0.200. The number of nitrogen functional groups attached to an aromatic ring is 1. The molecule has 4 N–H and O–H groups in total. The van der Waals surface area contributed by atoms with Crippen LogP contribution >= 0.6 is 11.8 Å². The Balaban J connectivity index is 1.29. The fourth-order valence-electron chi connectivity index (χ4n) is 3.69. The number of benzene rings is 2. The highest BCUT2D eigenvalue weighted by atomic mass is 32.2. The van der Waals surface area contributed by atoms with E-state index in [1.807, 2.05) is 42.5 Å². The summed E-state index contributed by atoms with van der Waals surface area (Å²) in [5, 5.41) is 21.3. The van der Waals surface area contributed by atoms with Crippen LogP contribution in [0.25, 0.3) is 22.3 Å². The van der Waals surface area contributed by atoms with Crippen molar-refractivity contribution in [2.24, 2.45) is 0 Å². The van der Waals surface area contributed by atoms with Crippen molar-refractivity contribution >= 4 is 34.1 Å². The van der Waals surface area contributed by atoms with Gasteiger partial charge < -0.3 is 11.2 Å². The molecule has 2 heterocycles. The molecule has 0 saturated heterocycles. The van der Waals surface area contributed by atoms with Gasteiger partial charge in [-0.15, -0.1) is 10.2 Å². The van der Waals surface area contributed by atoms with E-state index in [0.717, 1.165) is 52.7 Å². The lowest BCUT2D eigenvalue weighted by Crippen LogP contribution is -2.16. The lowest BCUT2D eigenvalue weighted by Gasteiger charge is -2.08. The molecule has 1 aliphatic rings. The molecule has 2 aromatic carbocycles. The van der Waals surface area contributed by atoms with Crippen molar-refractivity contribution in [1.29, 1.82) is 0 Å². The van der Waals surface area contributed by atoms with Gasteiger partial charge in [0.15, 0.2) is 0 Å². The van der Waals surface area contributed by atoms with Crippen molar-refractivity contribution in [2.75, 3.05) is 16.9 Å². The number of anilines is 1. The van der Waals surface area contributed by atoms with E-state index in [9.17, 15) is 4.79 Å². The first kappa shape index (κ1) is 17.7. The number of carbonyl (C=O) groups is 1. The van der Waals surface area contributed by atoms with Crippen LogP contribution in [0.4, 0.5) is 5.69 Å². The average Bonchev–Trinajstić information content (AvgIpc) is 3.43. The van der Waals surface area contributed by atoms with Crippen LogP contribution in [0.1, 0.15) is 17.7 Å². The Morgan fingerprint density at radius 3 is 2.97 bits per heavy atom. The van der Waals surface area contributed by atoms with Crippen LogP contribution in [0.15, 0.2) is 47.6 Å². The Kier molecular flexibility index (Phi) is 4.44. The van der Waals surface area contributed by atoms with E-state index in [4.69, 9.17) is 5.84 Å². The Hall–Kier alpha value is -3.33. The van der Waals surface area contributed by atoms with Crippen LogP contribution < -0.4 is 11.2 Å². The van der Waals surface area contributed by atoms with Crippen LogP contribution in [-0.4, -0.2) is 36.7 Å². The number of hydrogen-bond donors (Lipinski definition) is 3. The van der Waals surface area contributed by atoms with Crippen molar-refractivity contribution in [3.05, 3.63) is 53.7 Å². The maximum atomic E-state index is 12.5. The zero-order valence-electron chi connectivity index (χ0n) is 15.6.